The van der Waals surface area contributed by atoms with Crippen LogP contribution in [0.3, 0.4) is 0 Å². The van der Waals surface area contributed by atoms with Crippen molar-refractivity contribution >= 4 is 11.3 Å². The summed E-state index contributed by atoms with van der Waals surface area (Å²) in [5.74, 6) is 0.710. The van der Waals surface area contributed by atoms with Crippen molar-refractivity contribution in [3.05, 3.63) is 71.2 Å². The van der Waals surface area contributed by atoms with Crippen LogP contribution < -0.4 is 4.90 Å². The highest BCUT2D eigenvalue weighted by Crippen LogP contribution is 2.35. The van der Waals surface area contributed by atoms with Crippen LogP contribution in [-0.4, -0.2) is 36.3 Å². The average molecular weight is 356 g/mol. The molecule has 5 heterocycles. The fraction of sp³-hybridized carbons (Fsp3) is 0.211. The Labute approximate surface area is 155 Å². The van der Waals surface area contributed by atoms with Gasteiger partial charge in [-0.3, -0.25) is 0 Å². The van der Waals surface area contributed by atoms with Gasteiger partial charge in [0.2, 0.25) is 0 Å². The number of fused-ring (bicyclic) bond motifs is 2. The number of anilines is 1. The SMILES string of the molecule is Cc1cccn2nc([C@@H]3c4nc[nH]c4CCN3c3ccc(C#N)nn3)cc12. The number of aryl methyl sites for hydroxylation is 1. The Balaban J connectivity index is 1.66. The van der Waals surface area contributed by atoms with Gasteiger partial charge >= 0.3 is 0 Å². The van der Waals surface area contributed by atoms with Crippen molar-refractivity contribution in [3.63, 3.8) is 0 Å². The second-order valence-electron chi connectivity index (χ2n) is 6.59. The standard InChI is InChI=1S/C19H16N8/c1-12-3-2-7-27-16(12)9-15(25-27)19-18-14(21-11-22-18)6-8-26(19)17-5-4-13(10-20)23-24-17/h2-5,7,9,11,19H,6,8H2,1H3,(H,21,22)/t19-/m1/s1. The predicted octanol–water partition coefficient (Wildman–Crippen LogP) is 2.18. The third kappa shape index (κ3) is 2.44. The number of hydrogen-bond donors (Lipinski definition) is 1. The van der Waals surface area contributed by atoms with Crippen LogP contribution in [0.1, 0.15) is 34.4 Å². The molecule has 8 heteroatoms. The van der Waals surface area contributed by atoms with Gasteiger partial charge in [0, 0.05) is 24.9 Å². The highest BCUT2D eigenvalue weighted by molar-refractivity contribution is 5.57. The Bertz CT molecular complexity index is 1160. The van der Waals surface area contributed by atoms with Gasteiger partial charge in [0.05, 0.1) is 23.2 Å². The highest BCUT2D eigenvalue weighted by Gasteiger charge is 2.34. The van der Waals surface area contributed by atoms with Gasteiger partial charge in [0.25, 0.3) is 0 Å². The number of aromatic amines is 1. The lowest BCUT2D eigenvalue weighted by Gasteiger charge is -2.34. The number of nitrogens with zero attached hydrogens (tertiary/aromatic N) is 7. The predicted molar refractivity (Wildman–Crippen MR) is 98.2 cm³/mol. The van der Waals surface area contributed by atoms with Gasteiger partial charge in [0.1, 0.15) is 12.1 Å². The van der Waals surface area contributed by atoms with Gasteiger partial charge in [-0.25, -0.2) is 9.50 Å². The number of imidazole rings is 1. The monoisotopic (exact) mass is 356 g/mol. The molecule has 1 N–H and O–H groups in total. The molecule has 8 nitrogen and oxygen atoms in total. The molecule has 1 atom stereocenters. The van der Waals surface area contributed by atoms with Crippen molar-refractivity contribution in [1.82, 2.24) is 29.8 Å². The van der Waals surface area contributed by atoms with Crippen LogP contribution in [-0.2, 0) is 6.42 Å². The van der Waals surface area contributed by atoms with E-state index in [2.05, 4.69) is 44.1 Å². The summed E-state index contributed by atoms with van der Waals surface area (Å²) >= 11 is 0. The summed E-state index contributed by atoms with van der Waals surface area (Å²) in [6.45, 7) is 2.83. The first kappa shape index (κ1) is 15.5. The van der Waals surface area contributed by atoms with E-state index in [-0.39, 0.29) is 6.04 Å². The molecule has 0 saturated carbocycles. The normalized spacial score (nSPS) is 16.3. The lowest BCUT2D eigenvalue weighted by atomic mass is 9.99. The second-order valence-corrected chi connectivity index (χ2v) is 6.59. The Hall–Kier alpha value is -3.73. The first-order valence-corrected chi connectivity index (χ1v) is 8.72. The van der Waals surface area contributed by atoms with Crippen molar-refractivity contribution in [2.75, 3.05) is 11.4 Å². The van der Waals surface area contributed by atoms with Crippen LogP contribution in [0.2, 0.25) is 0 Å². The number of pyridine rings is 1. The van der Waals surface area contributed by atoms with Crippen LogP contribution in [0.5, 0.6) is 0 Å². The number of aromatic nitrogens is 6. The molecule has 132 valence electrons. The minimum Gasteiger partial charge on any atom is -0.348 e. The summed E-state index contributed by atoms with van der Waals surface area (Å²) in [6.07, 6.45) is 4.51. The van der Waals surface area contributed by atoms with Gasteiger partial charge in [-0.1, -0.05) is 6.07 Å². The van der Waals surface area contributed by atoms with E-state index < -0.39 is 0 Å². The minimum absolute atomic E-state index is 0.165. The molecule has 0 fully saturated rings. The topological polar surface area (TPSA) is 98.8 Å². The maximum atomic E-state index is 8.98. The third-order valence-electron chi connectivity index (χ3n) is 5.00. The molecule has 0 unspecified atom stereocenters. The largest absolute Gasteiger partial charge is 0.348 e. The molecule has 0 amide bonds. The summed E-state index contributed by atoms with van der Waals surface area (Å²) in [5.41, 5.74) is 5.51. The molecule has 4 aromatic rings. The van der Waals surface area contributed by atoms with Crippen molar-refractivity contribution in [3.8, 4) is 6.07 Å². The van der Waals surface area contributed by atoms with E-state index in [1.165, 1.54) is 5.56 Å². The fourth-order valence-corrected chi connectivity index (χ4v) is 3.67. The van der Waals surface area contributed by atoms with E-state index in [0.717, 1.165) is 35.6 Å². The first-order chi connectivity index (χ1) is 13.2. The van der Waals surface area contributed by atoms with Crippen LogP contribution in [0.15, 0.2) is 42.9 Å². The van der Waals surface area contributed by atoms with Crippen LogP contribution in [0.25, 0.3) is 5.52 Å². The molecule has 0 spiro atoms. The zero-order chi connectivity index (χ0) is 18.4. The maximum Gasteiger partial charge on any atom is 0.163 e. The van der Waals surface area contributed by atoms with Gasteiger partial charge in [-0.15, -0.1) is 10.2 Å². The molecule has 27 heavy (non-hydrogen) atoms. The fourth-order valence-electron chi connectivity index (χ4n) is 3.67. The van der Waals surface area contributed by atoms with E-state index in [1.807, 2.05) is 28.9 Å². The number of rotatable bonds is 2. The van der Waals surface area contributed by atoms with Crippen LogP contribution in [0.4, 0.5) is 5.82 Å². The third-order valence-corrected chi connectivity index (χ3v) is 5.00. The summed E-state index contributed by atoms with van der Waals surface area (Å²) in [4.78, 5) is 9.96. The van der Waals surface area contributed by atoms with Gasteiger partial charge < -0.3 is 9.88 Å². The van der Waals surface area contributed by atoms with Crippen LogP contribution >= 0.6 is 0 Å². The Morgan fingerprint density at radius 3 is 2.96 bits per heavy atom. The number of nitriles is 1. The molecule has 0 aliphatic carbocycles. The van der Waals surface area contributed by atoms with Gasteiger partial charge in [0.15, 0.2) is 11.5 Å². The molecular weight excluding hydrogens is 340 g/mol. The molecule has 0 saturated heterocycles. The average Bonchev–Trinajstić information content (AvgIpc) is 3.35. The smallest absolute Gasteiger partial charge is 0.163 e. The second kappa shape index (κ2) is 5.92. The molecule has 5 rings (SSSR count). The van der Waals surface area contributed by atoms with Crippen LogP contribution in [0, 0.1) is 18.3 Å². The van der Waals surface area contributed by atoms with E-state index in [9.17, 15) is 0 Å². The van der Waals surface area contributed by atoms with Gasteiger partial charge in [-0.05, 0) is 36.8 Å². The van der Waals surface area contributed by atoms with Crippen molar-refractivity contribution in [2.24, 2.45) is 0 Å². The van der Waals surface area contributed by atoms with Crippen molar-refractivity contribution in [2.45, 2.75) is 19.4 Å². The minimum atomic E-state index is -0.165. The summed E-state index contributed by atoms with van der Waals surface area (Å²) in [6, 6.07) is 11.5. The van der Waals surface area contributed by atoms with E-state index >= 15 is 0 Å². The maximum absolute atomic E-state index is 8.98. The summed E-state index contributed by atoms with van der Waals surface area (Å²) in [7, 11) is 0. The molecule has 0 aromatic carbocycles. The molecule has 1 aliphatic heterocycles. The Morgan fingerprint density at radius 2 is 2.19 bits per heavy atom. The van der Waals surface area contributed by atoms with E-state index in [0.29, 0.717) is 11.5 Å². The van der Waals surface area contributed by atoms with Gasteiger partial charge in [-0.2, -0.15) is 10.4 Å². The zero-order valence-corrected chi connectivity index (χ0v) is 14.7. The highest BCUT2D eigenvalue weighted by atomic mass is 15.3. The van der Waals surface area contributed by atoms with E-state index in [1.54, 1.807) is 12.4 Å². The first-order valence-electron chi connectivity index (χ1n) is 8.72. The van der Waals surface area contributed by atoms with Crippen molar-refractivity contribution < 1.29 is 0 Å². The molecule has 0 radical (unpaired) electrons. The summed E-state index contributed by atoms with van der Waals surface area (Å²) in [5, 5.41) is 22.0. The zero-order valence-electron chi connectivity index (χ0n) is 14.7. The number of H-pyrrole nitrogens is 1. The Kier molecular flexibility index (Phi) is 3.40. The number of nitrogens with one attached hydrogen (secondary N) is 1. The van der Waals surface area contributed by atoms with Crippen molar-refractivity contribution in [1.29, 1.82) is 5.26 Å². The van der Waals surface area contributed by atoms with E-state index in [4.69, 9.17) is 10.4 Å². The molecule has 4 aromatic heterocycles. The molecule has 1 aliphatic rings. The summed E-state index contributed by atoms with van der Waals surface area (Å²) < 4.78 is 1.90. The lowest BCUT2D eigenvalue weighted by molar-refractivity contribution is 0.606. The Morgan fingerprint density at radius 1 is 1.26 bits per heavy atom. The molecule has 0 bridgehead atoms. The quantitative estimate of drug-likeness (QED) is 0.591. The number of hydrogen-bond acceptors (Lipinski definition) is 6. The lowest BCUT2D eigenvalue weighted by Crippen LogP contribution is -2.37. The molecular formula is C19H16N8.